The van der Waals surface area contributed by atoms with Crippen LogP contribution in [0.25, 0.3) is 10.8 Å². The minimum absolute atomic E-state index is 0.616. The predicted molar refractivity (Wildman–Crippen MR) is 82.4 cm³/mol. The third kappa shape index (κ3) is 2.41. The van der Waals surface area contributed by atoms with Gasteiger partial charge in [-0.15, -0.1) is 0 Å². The first-order valence-corrected chi connectivity index (χ1v) is 6.61. The fourth-order valence-corrected chi connectivity index (χ4v) is 2.45. The van der Waals surface area contributed by atoms with Crippen molar-refractivity contribution in [3.8, 4) is 0 Å². The summed E-state index contributed by atoms with van der Waals surface area (Å²) in [6, 6.07) is 24.2. The van der Waals surface area contributed by atoms with Crippen LogP contribution < -0.4 is 0 Å². The minimum Gasteiger partial charge on any atom is -0.411 e. The van der Waals surface area contributed by atoms with Crippen LogP contribution >= 0.6 is 0 Å². The van der Waals surface area contributed by atoms with Crippen LogP contribution in [0, 0.1) is 0 Å². The van der Waals surface area contributed by atoms with Gasteiger partial charge in [0.2, 0.25) is 0 Å². The molecule has 2 heteroatoms. The summed E-state index contributed by atoms with van der Waals surface area (Å²) in [5.41, 5.74) is 2.80. The zero-order valence-electron chi connectivity index (χ0n) is 11.0. The van der Waals surface area contributed by atoms with Crippen molar-refractivity contribution in [1.29, 1.82) is 0 Å². The zero-order valence-corrected chi connectivity index (χ0v) is 11.0. The molecule has 1 N–H and O–H groups in total. The second-order valence-corrected chi connectivity index (χ2v) is 4.74. The molecule has 0 saturated heterocycles. The van der Waals surface area contributed by atoms with Crippen LogP contribution in [0.1, 0.15) is 11.1 Å². The maximum absolute atomic E-state index is 9.39. The lowest BCUT2D eigenvalue weighted by atomic mass is 9.97. The molecule has 20 heavy (non-hydrogen) atoms. The lowest BCUT2D eigenvalue weighted by molar-refractivity contribution is 0.318. The summed E-state index contributed by atoms with van der Waals surface area (Å²) in [5.74, 6) is 0. The molecule has 0 heterocycles. The highest BCUT2D eigenvalue weighted by molar-refractivity contribution is 6.11. The van der Waals surface area contributed by atoms with E-state index < -0.39 is 0 Å². The molecule has 0 bridgehead atoms. The fourth-order valence-electron chi connectivity index (χ4n) is 2.45. The van der Waals surface area contributed by atoms with Crippen molar-refractivity contribution in [1.82, 2.24) is 0 Å². The molecule has 0 unspecified atom stereocenters. The van der Waals surface area contributed by atoms with Gasteiger partial charge >= 0.3 is 0 Å². The molecule has 3 rings (SSSR count). The highest BCUT2D eigenvalue weighted by atomic mass is 16.4. The Kier molecular flexibility index (Phi) is 3.46. The second kappa shape index (κ2) is 5.57. The molecule has 0 spiro atoms. The van der Waals surface area contributed by atoms with Crippen molar-refractivity contribution < 1.29 is 5.21 Å². The molecule has 0 aliphatic heterocycles. The van der Waals surface area contributed by atoms with Crippen LogP contribution in [0.3, 0.4) is 0 Å². The van der Waals surface area contributed by atoms with E-state index in [2.05, 4.69) is 23.4 Å². The topological polar surface area (TPSA) is 32.6 Å². The van der Waals surface area contributed by atoms with Crippen molar-refractivity contribution in [3.05, 3.63) is 83.9 Å². The van der Waals surface area contributed by atoms with Crippen LogP contribution in [0.15, 0.2) is 78.0 Å². The average molecular weight is 261 g/mol. The summed E-state index contributed by atoms with van der Waals surface area (Å²) in [6.07, 6.45) is 0.616. The van der Waals surface area contributed by atoms with E-state index in [0.717, 1.165) is 21.9 Å². The van der Waals surface area contributed by atoms with Crippen molar-refractivity contribution in [2.24, 2.45) is 5.16 Å². The Balaban J connectivity index is 2.04. The highest BCUT2D eigenvalue weighted by Gasteiger charge is 2.09. The van der Waals surface area contributed by atoms with Gasteiger partial charge in [-0.1, -0.05) is 78.0 Å². The molecule has 2 nitrogen and oxygen atoms in total. The van der Waals surface area contributed by atoms with E-state index in [1.54, 1.807) is 0 Å². The van der Waals surface area contributed by atoms with Gasteiger partial charge in [0.25, 0.3) is 0 Å². The van der Waals surface area contributed by atoms with E-state index in [1.165, 1.54) is 0 Å². The Hall–Kier alpha value is -2.61. The number of rotatable bonds is 3. The Labute approximate surface area is 118 Å². The number of nitrogens with zero attached hydrogens (tertiary/aromatic N) is 1. The van der Waals surface area contributed by atoms with Gasteiger partial charge < -0.3 is 5.21 Å². The van der Waals surface area contributed by atoms with Gasteiger partial charge in [0.15, 0.2) is 0 Å². The van der Waals surface area contributed by atoms with Crippen molar-refractivity contribution in [2.75, 3.05) is 0 Å². The molecular formula is C18H15NO. The van der Waals surface area contributed by atoms with Crippen molar-refractivity contribution >= 4 is 16.5 Å². The largest absolute Gasteiger partial charge is 0.411 e. The molecule has 3 aromatic carbocycles. The van der Waals surface area contributed by atoms with Crippen LogP contribution in [0.5, 0.6) is 0 Å². The van der Waals surface area contributed by atoms with Crippen LogP contribution in [-0.4, -0.2) is 10.9 Å². The molecule has 0 saturated carbocycles. The minimum atomic E-state index is 0.616. The Morgan fingerprint density at radius 3 is 2.30 bits per heavy atom. The quantitative estimate of drug-likeness (QED) is 0.426. The second-order valence-electron chi connectivity index (χ2n) is 4.74. The van der Waals surface area contributed by atoms with Gasteiger partial charge in [-0.05, 0) is 16.3 Å². The first-order valence-electron chi connectivity index (χ1n) is 6.61. The maximum Gasteiger partial charge on any atom is 0.0917 e. The van der Waals surface area contributed by atoms with Crippen molar-refractivity contribution in [2.45, 2.75) is 6.42 Å². The van der Waals surface area contributed by atoms with Gasteiger partial charge in [0, 0.05) is 12.0 Å². The molecule has 0 atom stereocenters. The highest BCUT2D eigenvalue weighted by Crippen LogP contribution is 2.20. The summed E-state index contributed by atoms with van der Waals surface area (Å²) < 4.78 is 0. The normalized spacial score (nSPS) is 11.7. The third-order valence-corrected chi connectivity index (χ3v) is 3.44. The first kappa shape index (κ1) is 12.4. The van der Waals surface area contributed by atoms with E-state index in [-0.39, 0.29) is 0 Å². The standard InChI is InChI=1S/C18H15NO/c20-19-18(13-14-7-2-1-3-8-14)17-12-6-10-15-9-4-5-11-16(15)17/h1-12,20H,13H2. The number of hydrogen-bond donors (Lipinski definition) is 1. The number of benzene rings is 3. The van der Waals surface area contributed by atoms with Crippen LogP contribution in [-0.2, 0) is 6.42 Å². The van der Waals surface area contributed by atoms with Gasteiger partial charge in [-0.2, -0.15) is 0 Å². The molecule has 0 aromatic heterocycles. The smallest absolute Gasteiger partial charge is 0.0917 e. The third-order valence-electron chi connectivity index (χ3n) is 3.44. The van der Waals surface area contributed by atoms with Crippen molar-refractivity contribution in [3.63, 3.8) is 0 Å². The lowest BCUT2D eigenvalue weighted by Gasteiger charge is -2.08. The van der Waals surface area contributed by atoms with E-state index >= 15 is 0 Å². The van der Waals surface area contributed by atoms with E-state index in [9.17, 15) is 5.21 Å². The van der Waals surface area contributed by atoms with Gasteiger partial charge in [0.05, 0.1) is 5.71 Å². The lowest BCUT2D eigenvalue weighted by Crippen LogP contribution is -2.06. The Bertz CT molecular complexity index is 742. The summed E-state index contributed by atoms with van der Waals surface area (Å²) in [5, 5.41) is 15.2. The number of fused-ring (bicyclic) bond motifs is 1. The summed E-state index contributed by atoms with van der Waals surface area (Å²) >= 11 is 0. The Morgan fingerprint density at radius 1 is 0.800 bits per heavy atom. The molecular weight excluding hydrogens is 246 g/mol. The first-order chi connectivity index (χ1) is 9.88. The predicted octanol–water partition coefficient (Wildman–Crippen LogP) is 4.26. The van der Waals surface area contributed by atoms with Gasteiger partial charge in [-0.25, -0.2) is 0 Å². The molecule has 0 amide bonds. The van der Waals surface area contributed by atoms with E-state index in [4.69, 9.17) is 0 Å². The van der Waals surface area contributed by atoms with Crippen LogP contribution in [0.2, 0.25) is 0 Å². The molecule has 0 aliphatic carbocycles. The zero-order chi connectivity index (χ0) is 13.8. The summed E-state index contributed by atoms with van der Waals surface area (Å²) in [7, 11) is 0. The van der Waals surface area contributed by atoms with Gasteiger partial charge in [0.1, 0.15) is 0 Å². The fraction of sp³-hybridized carbons (Fsp3) is 0.0556. The maximum atomic E-state index is 9.39. The molecule has 98 valence electrons. The molecule has 0 aliphatic rings. The van der Waals surface area contributed by atoms with E-state index in [1.807, 2.05) is 54.6 Å². The summed E-state index contributed by atoms with van der Waals surface area (Å²) in [4.78, 5) is 0. The molecule has 3 aromatic rings. The van der Waals surface area contributed by atoms with Gasteiger partial charge in [-0.3, -0.25) is 0 Å². The number of oxime groups is 1. The van der Waals surface area contributed by atoms with E-state index in [0.29, 0.717) is 12.1 Å². The molecule has 0 radical (unpaired) electrons. The monoisotopic (exact) mass is 261 g/mol. The Morgan fingerprint density at radius 2 is 1.50 bits per heavy atom. The molecule has 0 fully saturated rings. The average Bonchev–Trinajstić information content (AvgIpc) is 2.53. The van der Waals surface area contributed by atoms with Crippen LogP contribution in [0.4, 0.5) is 0 Å². The summed E-state index contributed by atoms with van der Waals surface area (Å²) in [6.45, 7) is 0. The number of hydrogen-bond acceptors (Lipinski definition) is 2. The SMILES string of the molecule is ON=C(Cc1ccccc1)c1cccc2ccccc12.